The highest BCUT2D eigenvalue weighted by Crippen LogP contribution is 2.30. The first kappa shape index (κ1) is 22.1. The van der Waals surface area contributed by atoms with Crippen LogP contribution < -0.4 is 11.1 Å². The fourth-order valence-electron chi connectivity index (χ4n) is 3.07. The van der Waals surface area contributed by atoms with Crippen molar-refractivity contribution in [3.8, 4) is 11.5 Å². The quantitative estimate of drug-likeness (QED) is 0.459. The van der Waals surface area contributed by atoms with Crippen LogP contribution in [-0.2, 0) is 12.7 Å². The van der Waals surface area contributed by atoms with E-state index in [4.69, 9.17) is 10.2 Å². The van der Waals surface area contributed by atoms with Crippen molar-refractivity contribution in [3.63, 3.8) is 0 Å². The van der Waals surface area contributed by atoms with Crippen molar-refractivity contribution in [2.24, 2.45) is 0 Å². The van der Waals surface area contributed by atoms with Gasteiger partial charge in [0, 0.05) is 11.3 Å². The maximum Gasteiger partial charge on any atom is 0.416 e. The van der Waals surface area contributed by atoms with Crippen molar-refractivity contribution in [3.05, 3.63) is 76.8 Å². The van der Waals surface area contributed by atoms with Gasteiger partial charge in [0.1, 0.15) is 11.5 Å². The van der Waals surface area contributed by atoms with E-state index in [1.54, 1.807) is 6.92 Å². The predicted octanol–water partition coefficient (Wildman–Crippen LogP) is 4.45. The normalized spacial score (nSPS) is 11.5. The Balaban J connectivity index is 1.49. The number of nitrogens with one attached hydrogen (secondary N) is 1. The Morgan fingerprint density at radius 2 is 1.76 bits per heavy atom. The summed E-state index contributed by atoms with van der Waals surface area (Å²) in [6.45, 7) is 3.85. The zero-order chi connectivity index (χ0) is 23.8. The minimum atomic E-state index is -4.46. The highest BCUT2D eigenvalue weighted by atomic mass is 19.4. The molecule has 1 amide bonds. The first-order valence-electron chi connectivity index (χ1n) is 9.82. The minimum absolute atomic E-state index is 0.0151. The molecule has 0 aliphatic heterocycles. The average molecular weight is 456 g/mol. The molecule has 11 heteroatoms. The van der Waals surface area contributed by atoms with Gasteiger partial charge in [-0.05, 0) is 50.2 Å². The lowest BCUT2D eigenvalue weighted by molar-refractivity contribution is -0.137. The summed E-state index contributed by atoms with van der Waals surface area (Å²) in [6.07, 6.45) is -4.46. The van der Waals surface area contributed by atoms with E-state index in [9.17, 15) is 18.0 Å². The molecule has 2 heterocycles. The van der Waals surface area contributed by atoms with Crippen molar-refractivity contribution >= 4 is 17.4 Å². The van der Waals surface area contributed by atoms with Gasteiger partial charge in [-0.3, -0.25) is 4.79 Å². The van der Waals surface area contributed by atoms with Gasteiger partial charge in [0.2, 0.25) is 5.89 Å². The molecule has 0 saturated heterocycles. The van der Waals surface area contributed by atoms with Gasteiger partial charge < -0.3 is 15.5 Å². The molecule has 0 saturated carbocycles. The third kappa shape index (κ3) is 4.71. The lowest BCUT2D eigenvalue weighted by Gasteiger charge is -2.08. The molecule has 33 heavy (non-hydrogen) atoms. The zero-order valence-corrected chi connectivity index (χ0v) is 17.6. The Labute approximate surface area is 186 Å². The van der Waals surface area contributed by atoms with Crippen LogP contribution in [0.25, 0.3) is 11.5 Å². The fraction of sp³-hybridized carbons (Fsp3) is 0.182. The number of amides is 1. The van der Waals surface area contributed by atoms with E-state index in [0.29, 0.717) is 17.3 Å². The molecule has 0 atom stereocenters. The number of carbonyl (C=O) groups excluding carboxylic acids is 1. The summed E-state index contributed by atoms with van der Waals surface area (Å²) in [6, 6.07) is 11.7. The molecule has 2 aromatic carbocycles. The molecule has 0 unspecified atom stereocenters. The van der Waals surface area contributed by atoms with Crippen LogP contribution in [0.15, 0.2) is 52.9 Å². The summed E-state index contributed by atoms with van der Waals surface area (Å²) in [4.78, 5) is 17.0. The van der Waals surface area contributed by atoms with Crippen molar-refractivity contribution in [2.75, 3.05) is 11.1 Å². The third-order valence-electron chi connectivity index (χ3n) is 4.95. The van der Waals surface area contributed by atoms with Gasteiger partial charge in [-0.25, -0.2) is 9.67 Å². The Kier molecular flexibility index (Phi) is 5.62. The number of aryl methyl sites for hydroxylation is 2. The van der Waals surface area contributed by atoms with Crippen molar-refractivity contribution in [2.45, 2.75) is 26.6 Å². The van der Waals surface area contributed by atoms with Gasteiger partial charge >= 0.3 is 6.18 Å². The number of nitrogens with zero attached hydrogens (tertiary/aromatic N) is 4. The molecule has 0 fully saturated rings. The molecule has 0 aliphatic rings. The van der Waals surface area contributed by atoms with E-state index < -0.39 is 17.6 Å². The van der Waals surface area contributed by atoms with Crippen LogP contribution in [0.3, 0.4) is 0 Å². The van der Waals surface area contributed by atoms with E-state index in [0.717, 1.165) is 35.4 Å². The van der Waals surface area contributed by atoms with Crippen LogP contribution in [0, 0.1) is 13.8 Å². The number of benzene rings is 2. The van der Waals surface area contributed by atoms with E-state index in [-0.39, 0.29) is 23.7 Å². The monoisotopic (exact) mass is 456 g/mol. The molecular formula is C22H19F3N6O2. The summed E-state index contributed by atoms with van der Waals surface area (Å²) in [5.74, 6) is 0.298. The first-order valence-corrected chi connectivity index (χ1v) is 9.82. The van der Waals surface area contributed by atoms with E-state index in [1.165, 1.54) is 4.68 Å². The van der Waals surface area contributed by atoms with Crippen LogP contribution in [0.2, 0.25) is 0 Å². The summed E-state index contributed by atoms with van der Waals surface area (Å²) in [5.41, 5.74) is 7.72. The summed E-state index contributed by atoms with van der Waals surface area (Å²) in [5, 5.41) is 10.2. The lowest BCUT2D eigenvalue weighted by Crippen LogP contribution is -2.15. The molecule has 0 spiro atoms. The topological polar surface area (TPSA) is 112 Å². The van der Waals surface area contributed by atoms with Crippen LogP contribution >= 0.6 is 0 Å². The number of anilines is 2. The standard InChI is InChI=1S/C22H19F3N6O2/c1-12-3-5-14(6-4-12)21-28-17(13(2)33-21)11-31-19(26)18(29-30-31)20(32)27-16-9-7-15(8-10-16)22(23,24)25/h3-10H,11,26H2,1-2H3,(H,27,32). The van der Waals surface area contributed by atoms with E-state index >= 15 is 0 Å². The Morgan fingerprint density at radius 1 is 1.09 bits per heavy atom. The van der Waals surface area contributed by atoms with Gasteiger partial charge in [0.25, 0.3) is 5.91 Å². The number of oxazole rings is 1. The second kappa shape index (κ2) is 8.41. The summed E-state index contributed by atoms with van der Waals surface area (Å²) < 4.78 is 45.1. The summed E-state index contributed by atoms with van der Waals surface area (Å²) in [7, 11) is 0. The van der Waals surface area contributed by atoms with E-state index in [1.807, 2.05) is 31.2 Å². The first-order chi connectivity index (χ1) is 15.6. The lowest BCUT2D eigenvalue weighted by atomic mass is 10.1. The molecule has 0 bridgehead atoms. The Hall–Kier alpha value is -4.15. The zero-order valence-electron chi connectivity index (χ0n) is 17.6. The van der Waals surface area contributed by atoms with Gasteiger partial charge in [0.15, 0.2) is 11.5 Å². The second-order valence-electron chi connectivity index (χ2n) is 7.40. The highest BCUT2D eigenvalue weighted by Gasteiger charge is 2.30. The van der Waals surface area contributed by atoms with Crippen molar-refractivity contribution < 1.29 is 22.4 Å². The molecule has 0 radical (unpaired) electrons. The number of nitrogen functional groups attached to an aromatic ring is 1. The molecule has 4 aromatic rings. The Bertz CT molecular complexity index is 1290. The van der Waals surface area contributed by atoms with Crippen LogP contribution in [0.4, 0.5) is 24.7 Å². The van der Waals surface area contributed by atoms with Gasteiger partial charge in [-0.2, -0.15) is 13.2 Å². The maximum absolute atomic E-state index is 12.7. The van der Waals surface area contributed by atoms with Crippen LogP contribution in [0.1, 0.15) is 33.1 Å². The molecule has 8 nitrogen and oxygen atoms in total. The molecule has 170 valence electrons. The van der Waals surface area contributed by atoms with Crippen molar-refractivity contribution in [1.29, 1.82) is 0 Å². The number of nitrogens with two attached hydrogens (primary N) is 1. The van der Waals surface area contributed by atoms with Gasteiger partial charge in [-0.1, -0.05) is 22.9 Å². The molecule has 2 aromatic heterocycles. The molecule has 4 rings (SSSR count). The van der Waals surface area contributed by atoms with Crippen LogP contribution in [-0.4, -0.2) is 25.9 Å². The Morgan fingerprint density at radius 3 is 2.39 bits per heavy atom. The number of halogens is 3. The number of aromatic nitrogens is 4. The number of rotatable bonds is 5. The summed E-state index contributed by atoms with van der Waals surface area (Å²) >= 11 is 0. The van der Waals surface area contributed by atoms with Gasteiger partial charge in [0.05, 0.1) is 12.1 Å². The maximum atomic E-state index is 12.7. The molecule has 0 aliphatic carbocycles. The highest BCUT2D eigenvalue weighted by molar-refractivity contribution is 6.05. The molecular weight excluding hydrogens is 437 g/mol. The largest absolute Gasteiger partial charge is 0.441 e. The van der Waals surface area contributed by atoms with E-state index in [2.05, 4.69) is 20.6 Å². The number of alkyl halides is 3. The number of hydrogen-bond acceptors (Lipinski definition) is 6. The number of hydrogen-bond donors (Lipinski definition) is 2. The fourth-order valence-corrected chi connectivity index (χ4v) is 3.07. The predicted molar refractivity (Wildman–Crippen MR) is 114 cm³/mol. The van der Waals surface area contributed by atoms with Crippen LogP contribution in [0.5, 0.6) is 0 Å². The van der Waals surface area contributed by atoms with Crippen molar-refractivity contribution in [1.82, 2.24) is 20.0 Å². The second-order valence-corrected chi connectivity index (χ2v) is 7.40. The average Bonchev–Trinajstić information content (AvgIpc) is 3.31. The minimum Gasteiger partial charge on any atom is -0.441 e. The smallest absolute Gasteiger partial charge is 0.416 e. The van der Waals surface area contributed by atoms with Gasteiger partial charge in [-0.15, -0.1) is 5.10 Å². The number of carbonyl (C=O) groups is 1. The SMILES string of the molecule is Cc1ccc(-c2nc(Cn3nnc(C(=O)Nc4ccc(C(F)(F)F)cc4)c3N)c(C)o2)cc1. The third-order valence-corrected chi connectivity index (χ3v) is 4.95. The molecule has 3 N–H and O–H groups in total.